The Kier molecular flexibility index (Phi) is 3.75. The number of hydrogen-bond donors (Lipinski definition) is 1. The molecule has 0 aromatic heterocycles. The van der Waals surface area contributed by atoms with Crippen molar-refractivity contribution in [1.82, 2.24) is 10.2 Å². The van der Waals surface area contributed by atoms with Gasteiger partial charge in [0.2, 0.25) is 0 Å². The molecule has 0 saturated carbocycles. The van der Waals surface area contributed by atoms with Gasteiger partial charge in [0.1, 0.15) is 0 Å². The molecule has 1 heterocycles. The van der Waals surface area contributed by atoms with Crippen molar-refractivity contribution in [2.45, 2.75) is 25.9 Å². The van der Waals surface area contributed by atoms with Crippen LogP contribution in [-0.2, 0) is 13.1 Å². The maximum atomic E-state index is 3.23. The van der Waals surface area contributed by atoms with Gasteiger partial charge >= 0.3 is 0 Å². The highest BCUT2D eigenvalue weighted by Crippen LogP contribution is 2.15. The summed E-state index contributed by atoms with van der Waals surface area (Å²) in [6.45, 7) is 4.64. The van der Waals surface area contributed by atoms with Gasteiger partial charge in [-0.2, -0.15) is 0 Å². The van der Waals surface area contributed by atoms with E-state index in [4.69, 9.17) is 0 Å². The van der Waals surface area contributed by atoms with E-state index < -0.39 is 0 Å². The van der Waals surface area contributed by atoms with Gasteiger partial charge in [-0.15, -0.1) is 0 Å². The van der Waals surface area contributed by atoms with E-state index in [1.807, 2.05) is 7.05 Å². The Morgan fingerprint density at radius 2 is 1.80 bits per heavy atom. The molecule has 1 aromatic rings. The first-order valence-electron chi connectivity index (χ1n) is 5.84. The molecule has 1 aromatic carbocycles. The molecule has 0 atom stereocenters. The van der Waals surface area contributed by atoms with Crippen LogP contribution in [-0.4, -0.2) is 25.0 Å². The molecule has 0 aliphatic carbocycles. The Bertz CT molecular complexity index is 303. The lowest BCUT2D eigenvalue weighted by Gasteiger charge is -2.17. The van der Waals surface area contributed by atoms with Crippen LogP contribution in [0.2, 0.25) is 0 Å². The predicted molar refractivity (Wildman–Crippen MR) is 63.7 cm³/mol. The third kappa shape index (κ3) is 2.80. The van der Waals surface area contributed by atoms with Crippen LogP contribution in [0, 0.1) is 0 Å². The molecule has 0 unspecified atom stereocenters. The maximum Gasteiger partial charge on any atom is 0.0236 e. The number of rotatable bonds is 4. The second-order valence-electron chi connectivity index (χ2n) is 4.28. The van der Waals surface area contributed by atoms with Crippen LogP contribution in [0.15, 0.2) is 24.3 Å². The fourth-order valence-corrected chi connectivity index (χ4v) is 2.26. The molecule has 1 aliphatic rings. The molecule has 1 aliphatic heterocycles. The van der Waals surface area contributed by atoms with Gasteiger partial charge in [-0.3, -0.25) is 4.90 Å². The lowest BCUT2D eigenvalue weighted by Crippen LogP contribution is -2.20. The standard InChI is InChI=1S/C13H20N2/c1-14-10-12-6-2-3-7-13(12)11-15-8-4-5-9-15/h2-3,6-7,14H,4-5,8-11H2,1H3. The zero-order valence-corrected chi connectivity index (χ0v) is 9.50. The van der Waals surface area contributed by atoms with Crippen LogP contribution in [0.25, 0.3) is 0 Å². The Balaban J connectivity index is 2.05. The quantitative estimate of drug-likeness (QED) is 0.807. The van der Waals surface area contributed by atoms with Crippen LogP contribution < -0.4 is 5.32 Å². The fraction of sp³-hybridized carbons (Fsp3) is 0.538. The van der Waals surface area contributed by atoms with Crippen molar-refractivity contribution in [3.63, 3.8) is 0 Å². The maximum absolute atomic E-state index is 3.23. The van der Waals surface area contributed by atoms with Crippen molar-refractivity contribution >= 4 is 0 Å². The van der Waals surface area contributed by atoms with Crippen LogP contribution in [0.3, 0.4) is 0 Å². The highest BCUT2D eigenvalue weighted by atomic mass is 15.1. The number of likely N-dealkylation sites (tertiary alicyclic amines) is 1. The first-order chi connectivity index (χ1) is 7.40. The average Bonchev–Trinajstić information content (AvgIpc) is 2.74. The fourth-order valence-electron chi connectivity index (χ4n) is 2.26. The van der Waals surface area contributed by atoms with Gasteiger partial charge in [-0.05, 0) is 44.1 Å². The molecule has 15 heavy (non-hydrogen) atoms. The molecule has 82 valence electrons. The minimum absolute atomic E-state index is 0.976. The molecule has 2 heteroatoms. The second kappa shape index (κ2) is 5.29. The Labute approximate surface area is 92.3 Å². The topological polar surface area (TPSA) is 15.3 Å². The molecular formula is C13H20N2. The molecule has 0 spiro atoms. The largest absolute Gasteiger partial charge is 0.316 e. The Morgan fingerprint density at radius 1 is 1.13 bits per heavy atom. The molecule has 2 rings (SSSR count). The van der Waals surface area contributed by atoms with E-state index in [1.165, 1.54) is 37.1 Å². The highest BCUT2D eigenvalue weighted by molar-refractivity contribution is 5.27. The summed E-state index contributed by atoms with van der Waals surface area (Å²) in [5.74, 6) is 0. The van der Waals surface area contributed by atoms with Crippen molar-refractivity contribution in [2.24, 2.45) is 0 Å². The van der Waals surface area contributed by atoms with E-state index in [-0.39, 0.29) is 0 Å². The minimum atomic E-state index is 0.976. The molecule has 1 N–H and O–H groups in total. The zero-order valence-electron chi connectivity index (χ0n) is 9.50. The first kappa shape index (κ1) is 10.7. The first-order valence-corrected chi connectivity index (χ1v) is 5.84. The zero-order chi connectivity index (χ0) is 10.5. The third-order valence-corrected chi connectivity index (χ3v) is 3.08. The highest BCUT2D eigenvalue weighted by Gasteiger charge is 2.12. The lowest BCUT2D eigenvalue weighted by molar-refractivity contribution is 0.330. The molecular weight excluding hydrogens is 184 g/mol. The third-order valence-electron chi connectivity index (χ3n) is 3.08. The van der Waals surface area contributed by atoms with Crippen molar-refractivity contribution in [2.75, 3.05) is 20.1 Å². The van der Waals surface area contributed by atoms with E-state index in [2.05, 4.69) is 34.5 Å². The summed E-state index contributed by atoms with van der Waals surface area (Å²) >= 11 is 0. The lowest BCUT2D eigenvalue weighted by atomic mass is 10.1. The van der Waals surface area contributed by atoms with Crippen LogP contribution in [0.5, 0.6) is 0 Å². The average molecular weight is 204 g/mol. The summed E-state index contributed by atoms with van der Waals surface area (Å²) < 4.78 is 0. The monoisotopic (exact) mass is 204 g/mol. The summed E-state index contributed by atoms with van der Waals surface area (Å²) in [6, 6.07) is 8.75. The summed E-state index contributed by atoms with van der Waals surface area (Å²) in [4.78, 5) is 2.55. The van der Waals surface area contributed by atoms with Gasteiger partial charge in [-0.25, -0.2) is 0 Å². The number of nitrogens with one attached hydrogen (secondary N) is 1. The van der Waals surface area contributed by atoms with Crippen LogP contribution in [0.4, 0.5) is 0 Å². The minimum Gasteiger partial charge on any atom is -0.316 e. The molecule has 1 fully saturated rings. The summed E-state index contributed by atoms with van der Waals surface area (Å²) in [6.07, 6.45) is 2.74. The van der Waals surface area contributed by atoms with E-state index >= 15 is 0 Å². The predicted octanol–water partition coefficient (Wildman–Crippen LogP) is 2.00. The molecule has 0 bridgehead atoms. The number of hydrogen-bond acceptors (Lipinski definition) is 2. The van der Waals surface area contributed by atoms with Gasteiger partial charge in [0, 0.05) is 13.1 Å². The number of benzene rings is 1. The van der Waals surface area contributed by atoms with Gasteiger partial charge in [0.25, 0.3) is 0 Å². The van der Waals surface area contributed by atoms with Crippen molar-refractivity contribution in [1.29, 1.82) is 0 Å². The molecule has 0 amide bonds. The SMILES string of the molecule is CNCc1ccccc1CN1CCCC1. The Hall–Kier alpha value is -0.860. The molecule has 0 radical (unpaired) electrons. The van der Waals surface area contributed by atoms with Crippen molar-refractivity contribution in [3.8, 4) is 0 Å². The summed E-state index contributed by atoms with van der Waals surface area (Å²) in [7, 11) is 2.01. The van der Waals surface area contributed by atoms with E-state index in [0.717, 1.165) is 13.1 Å². The van der Waals surface area contributed by atoms with E-state index in [9.17, 15) is 0 Å². The van der Waals surface area contributed by atoms with Gasteiger partial charge in [0.15, 0.2) is 0 Å². The molecule has 1 saturated heterocycles. The van der Waals surface area contributed by atoms with Gasteiger partial charge in [0.05, 0.1) is 0 Å². The van der Waals surface area contributed by atoms with Crippen molar-refractivity contribution in [3.05, 3.63) is 35.4 Å². The van der Waals surface area contributed by atoms with Crippen LogP contribution >= 0.6 is 0 Å². The van der Waals surface area contributed by atoms with E-state index in [1.54, 1.807) is 0 Å². The normalized spacial score (nSPS) is 17.1. The smallest absolute Gasteiger partial charge is 0.0236 e. The summed E-state index contributed by atoms with van der Waals surface area (Å²) in [5, 5.41) is 3.23. The Morgan fingerprint density at radius 3 is 2.47 bits per heavy atom. The second-order valence-corrected chi connectivity index (χ2v) is 4.28. The van der Waals surface area contributed by atoms with Gasteiger partial charge < -0.3 is 5.32 Å². The molecule has 2 nitrogen and oxygen atoms in total. The van der Waals surface area contributed by atoms with E-state index in [0.29, 0.717) is 0 Å². The van der Waals surface area contributed by atoms with Crippen LogP contribution in [0.1, 0.15) is 24.0 Å². The van der Waals surface area contributed by atoms with Crippen molar-refractivity contribution < 1.29 is 0 Å². The number of nitrogens with zero attached hydrogens (tertiary/aromatic N) is 1. The van der Waals surface area contributed by atoms with Gasteiger partial charge in [-0.1, -0.05) is 24.3 Å². The summed E-state index contributed by atoms with van der Waals surface area (Å²) in [5.41, 5.74) is 2.92.